The van der Waals surface area contributed by atoms with Gasteiger partial charge >= 0.3 is 0 Å². The van der Waals surface area contributed by atoms with E-state index in [1.54, 1.807) is 18.2 Å². The average molecular weight is 235 g/mol. The van der Waals surface area contributed by atoms with Crippen molar-refractivity contribution in [2.45, 2.75) is 20.0 Å². The second-order valence-electron chi connectivity index (χ2n) is 3.59. The monoisotopic (exact) mass is 235 g/mol. The Bertz CT molecular complexity index is 516. The summed E-state index contributed by atoms with van der Waals surface area (Å²) >= 11 is 0. The first kappa shape index (κ1) is 11.4. The molecule has 6 nitrogen and oxygen atoms in total. The van der Waals surface area contributed by atoms with E-state index in [1.165, 1.54) is 0 Å². The Balaban J connectivity index is 1.93. The summed E-state index contributed by atoms with van der Waals surface area (Å²) in [7, 11) is 0. The molecule has 0 aliphatic heterocycles. The maximum absolute atomic E-state index is 11.6. The topological polar surface area (TPSA) is 94.3 Å². The van der Waals surface area contributed by atoms with Crippen molar-refractivity contribution in [3.8, 4) is 0 Å². The highest BCUT2D eigenvalue weighted by Crippen LogP contribution is 2.07. The summed E-state index contributed by atoms with van der Waals surface area (Å²) in [6, 6.07) is 5.02. The van der Waals surface area contributed by atoms with Crippen molar-refractivity contribution in [2.24, 2.45) is 5.73 Å². The van der Waals surface area contributed by atoms with Gasteiger partial charge in [0.05, 0.1) is 18.8 Å². The first-order valence-electron chi connectivity index (χ1n) is 5.18. The third-order valence-corrected chi connectivity index (χ3v) is 2.19. The number of aryl methyl sites for hydroxylation is 1. The van der Waals surface area contributed by atoms with Gasteiger partial charge in [-0.2, -0.15) is 0 Å². The molecule has 0 saturated carbocycles. The molecule has 0 spiro atoms. The largest absolute Gasteiger partial charge is 0.455 e. The first-order chi connectivity index (χ1) is 8.19. The molecule has 2 heterocycles. The molecule has 17 heavy (non-hydrogen) atoms. The number of furan rings is 1. The summed E-state index contributed by atoms with van der Waals surface area (Å²) in [5.41, 5.74) is 6.16. The fourth-order valence-corrected chi connectivity index (χ4v) is 1.36. The number of carbonyl (C=O) groups is 1. The van der Waals surface area contributed by atoms with Crippen LogP contribution in [0, 0.1) is 6.92 Å². The van der Waals surface area contributed by atoms with Crippen LogP contribution in [0.25, 0.3) is 0 Å². The zero-order chi connectivity index (χ0) is 12.3. The molecule has 0 saturated heterocycles. The van der Waals surface area contributed by atoms with Gasteiger partial charge < -0.3 is 20.0 Å². The summed E-state index contributed by atoms with van der Waals surface area (Å²) in [4.78, 5) is 11.6. The Hall–Kier alpha value is -2.08. The van der Waals surface area contributed by atoms with E-state index in [0.717, 1.165) is 5.69 Å². The van der Waals surface area contributed by atoms with Crippen LogP contribution in [0.2, 0.25) is 0 Å². The third-order valence-electron chi connectivity index (χ3n) is 2.19. The lowest BCUT2D eigenvalue weighted by Gasteiger charge is -1.99. The van der Waals surface area contributed by atoms with E-state index in [-0.39, 0.29) is 24.8 Å². The van der Waals surface area contributed by atoms with Gasteiger partial charge in [0.1, 0.15) is 5.76 Å². The number of nitrogens with two attached hydrogens (primary N) is 1. The average Bonchev–Trinajstić information content (AvgIpc) is 2.94. The number of amides is 1. The van der Waals surface area contributed by atoms with Gasteiger partial charge in [-0.3, -0.25) is 4.79 Å². The van der Waals surface area contributed by atoms with Crippen molar-refractivity contribution in [1.82, 2.24) is 10.5 Å². The molecule has 0 aliphatic carbocycles. The Morgan fingerprint density at radius 1 is 1.47 bits per heavy atom. The SMILES string of the molecule is Cc1cc(CNC(=O)c2ccc(CN)o2)on1. The van der Waals surface area contributed by atoms with E-state index in [4.69, 9.17) is 14.7 Å². The van der Waals surface area contributed by atoms with Gasteiger partial charge in [0, 0.05) is 6.07 Å². The molecule has 0 atom stereocenters. The van der Waals surface area contributed by atoms with Crippen LogP contribution in [0.1, 0.15) is 27.8 Å². The predicted molar refractivity (Wildman–Crippen MR) is 59.0 cm³/mol. The standard InChI is InChI=1S/C11H13N3O3/c1-7-4-9(17-14-7)6-13-11(15)10-3-2-8(5-12)16-10/h2-4H,5-6,12H2,1H3,(H,13,15). The molecule has 3 N–H and O–H groups in total. The fraction of sp³-hybridized carbons (Fsp3) is 0.273. The van der Waals surface area contributed by atoms with E-state index < -0.39 is 0 Å². The summed E-state index contributed by atoms with van der Waals surface area (Å²) in [6.45, 7) is 2.36. The van der Waals surface area contributed by atoms with Crippen LogP contribution < -0.4 is 11.1 Å². The molecule has 0 radical (unpaired) electrons. The Labute approximate surface area is 97.8 Å². The summed E-state index contributed by atoms with van der Waals surface area (Å²) < 4.78 is 10.2. The van der Waals surface area contributed by atoms with Gasteiger partial charge in [-0.15, -0.1) is 0 Å². The maximum Gasteiger partial charge on any atom is 0.287 e. The highest BCUT2D eigenvalue weighted by Gasteiger charge is 2.11. The van der Waals surface area contributed by atoms with Crippen molar-refractivity contribution in [3.63, 3.8) is 0 Å². The van der Waals surface area contributed by atoms with Crippen LogP contribution >= 0.6 is 0 Å². The zero-order valence-electron chi connectivity index (χ0n) is 9.40. The first-order valence-corrected chi connectivity index (χ1v) is 5.18. The molecular weight excluding hydrogens is 222 g/mol. The van der Waals surface area contributed by atoms with Crippen LogP contribution in [-0.4, -0.2) is 11.1 Å². The van der Waals surface area contributed by atoms with Crippen molar-refractivity contribution in [1.29, 1.82) is 0 Å². The molecule has 0 unspecified atom stereocenters. The van der Waals surface area contributed by atoms with Gasteiger partial charge in [0.15, 0.2) is 11.5 Å². The van der Waals surface area contributed by atoms with Gasteiger partial charge in [-0.1, -0.05) is 5.16 Å². The van der Waals surface area contributed by atoms with Gasteiger partial charge in [-0.05, 0) is 19.1 Å². The van der Waals surface area contributed by atoms with Crippen LogP contribution in [0.3, 0.4) is 0 Å². The fourth-order valence-electron chi connectivity index (χ4n) is 1.36. The van der Waals surface area contributed by atoms with E-state index in [1.807, 2.05) is 6.92 Å². The third kappa shape index (κ3) is 2.73. The molecule has 2 aromatic rings. The summed E-state index contributed by atoms with van der Waals surface area (Å²) in [5.74, 6) is 1.10. The Morgan fingerprint density at radius 2 is 2.29 bits per heavy atom. The summed E-state index contributed by atoms with van der Waals surface area (Å²) in [5, 5.41) is 6.38. The van der Waals surface area contributed by atoms with Crippen molar-refractivity contribution in [2.75, 3.05) is 0 Å². The van der Waals surface area contributed by atoms with Crippen molar-refractivity contribution in [3.05, 3.63) is 41.2 Å². The Morgan fingerprint density at radius 3 is 2.88 bits per heavy atom. The van der Waals surface area contributed by atoms with Gasteiger partial charge in [-0.25, -0.2) is 0 Å². The minimum atomic E-state index is -0.307. The lowest BCUT2D eigenvalue weighted by Crippen LogP contribution is -2.21. The maximum atomic E-state index is 11.6. The molecule has 2 aromatic heterocycles. The predicted octanol–water partition coefficient (Wildman–Crippen LogP) is 0.965. The highest BCUT2D eigenvalue weighted by atomic mass is 16.5. The minimum absolute atomic E-state index is 0.238. The van der Waals surface area contributed by atoms with Gasteiger partial charge in [0.2, 0.25) is 0 Å². The second-order valence-corrected chi connectivity index (χ2v) is 3.59. The van der Waals surface area contributed by atoms with E-state index in [0.29, 0.717) is 11.5 Å². The molecule has 6 heteroatoms. The van der Waals surface area contributed by atoms with E-state index >= 15 is 0 Å². The number of hydrogen-bond donors (Lipinski definition) is 2. The highest BCUT2D eigenvalue weighted by molar-refractivity contribution is 5.91. The number of hydrogen-bond acceptors (Lipinski definition) is 5. The lowest BCUT2D eigenvalue weighted by atomic mass is 10.3. The second kappa shape index (κ2) is 4.84. The summed E-state index contributed by atoms with van der Waals surface area (Å²) in [6.07, 6.45) is 0. The molecule has 0 aliphatic rings. The van der Waals surface area contributed by atoms with E-state index in [2.05, 4.69) is 10.5 Å². The smallest absolute Gasteiger partial charge is 0.287 e. The molecule has 2 rings (SSSR count). The number of aromatic nitrogens is 1. The molecule has 0 aromatic carbocycles. The Kier molecular flexibility index (Phi) is 3.24. The molecule has 0 fully saturated rings. The van der Waals surface area contributed by atoms with Crippen LogP contribution in [0.4, 0.5) is 0 Å². The minimum Gasteiger partial charge on any atom is -0.455 e. The van der Waals surface area contributed by atoms with Crippen LogP contribution in [0.5, 0.6) is 0 Å². The molecule has 90 valence electrons. The van der Waals surface area contributed by atoms with Crippen molar-refractivity contribution >= 4 is 5.91 Å². The van der Waals surface area contributed by atoms with E-state index in [9.17, 15) is 4.79 Å². The number of nitrogens with one attached hydrogen (secondary N) is 1. The quantitative estimate of drug-likeness (QED) is 0.823. The normalized spacial score (nSPS) is 10.5. The molecule has 1 amide bonds. The number of nitrogens with zero attached hydrogens (tertiary/aromatic N) is 1. The van der Waals surface area contributed by atoms with Crippen molar-refractivity contribution < 1.29 is 13.7 Å². The van der Waals surface area contributed by atoms with Gasteiger partial charge in [0.25, 0.3) is 5.91 Å². The number of carbonyl (C=O) groups excluding carboxylic acids is 1. The molecular formula is C11H13N3O3. The lowest BCUT2D eigenvalue weighted by molar-refractivity contribution is 0.0917. The zero-order valence-corrected chi connectivity index (χ0v) is 9.40. The van der Waals surface area contributed by atoms with Crippen LogP contribution in [-0.2, 0) is 13.1 Å². The molecule has 0 bridgehead atoms. The number of rotatable bonds is 4. The van der Waals surface area contributed by atoms with Crippen LogP contribution in [0.15, 0.2) is 27.1 Å².